The summed E-state index contributed by atoms with van der Waals surface area (Å²) in [5.41, 5.74) is 9.13. The number of hydrogen-bond acceptors (Lipinski definition) is 16. The van der Waals surface area contributed by atoms with Gasteiger partial charge in [-0.2, -0.15) is 11.8 Å². The van der Waals surface area contributed by atoms with Crippen molar-refractivity contribution in [1.82, 2.24) is 31.2 Å². The van der Waals surface area contributed by atoms with Crippen molar-refractivity contribution in [2.45, 2.75) is 134 Å². The third-order valence-electron chi connectivity index (χ3n) is 19.8. The van der Waals surface area contributed by atoms with Gasteiger partial charge in [0.1, 0.15) is 20.2 Å². The molecule has 5 aromatic carbocycles. The summed E-state index contributed by atoms with van der Waals surface area (Å²) < 4.78 is 35.2. The lowest BCUT2D eigenvalue weighted by Crippen LogP contribution is -2.65. The van der Waals surface area contributed by atoms with Gasteiger partial charge in [-0.1, -0.05) is 103 Å². The van der Waals surface area contributed by atoms with E-state index in [2.05, 4.69) is 113 Å². The fraction of sp³-hybridized carbons (Fsp3) is 0.487. The second-order valence-corrected chi connectivity index (χ2v) is 33.5. The lowest BCUT2D eigenvalue weighted by molar-refractivity contribution is -0.149. The average Bonchev–Trinajstić information content (AvgIpc) is 1.66. The Morgan fingerprint density at radius 3 is 1.99 bits per heavy atom. The van der Waals surface area contributed by atoms with Crippen molar-refractivity contribution in [3.63, 3.8) is 0 Å². The second-order valence-electron chi connectivity index (χ2n) is 28.0. The van der Waals surface area contributed by atoms with Crippen LogP contribution < -0.4 is 41.4 Å². The number of aromatic nitrogens is 1. The number of allylic oxidation sites excluding steroid dienone is 2. The van der Waals surface area contributed by atoms with E-state index in [-0.39, 0.29) is 62.1 Å². The Hall–Kier alpha value is -8.32. The van der Waals surface area contributed by atoms with Gasteiger partial charge in [0.15, 0.2) is 5.60 Å². The van der Waals surface area contributed by atoms with Gasteiger partial charge in [0.2, 0.25) is 29.5 Å². The number of aryl methyl sites for hydroxylation is 1. The molecule has 0 saturated carbocycles. The molecule has 3 aliphatic heterocycles. The summed E-state index contributed by atoms with van der Waals surface area (Å²) >= 11 is 1.79. The maximum Gasteiger partial charge on any atom is 0.340 e. The number of esters is 2. The van der Waals surface area contributed by atoms with E-state index in [0.29, 0.717) is 109 Å². The molecule has 0 fully saturated rings. The number of amides is 5. The van der Waals surface area contributed by atoms with Gasteiger partial charge in [-0.3, -0.25) is 28.8 Å². The number of benzene rings is 5. The van der Waals surface area contributed by atoms with Gasteiger partial charge in [0, 0.05) is 124 Å². The van der Waals surface area contributed by atoms with Gasteiger partial charge in [-0.25, -0.2) is 4.79 Å². The highest BCUT2D eigenvalue weighted by Gasteiger charge is 2.57. The van der Waals surface area contributed by atoms with Crippen LogP contribution in [0.4, 0.5) is 11.4 Å². The van der Waals surface area contributed by atoms with Gasteiger partial charge in [-0.15, -0.1) is 0 Å². The summed E-state index contributed by atoms with van der Waals surface area (Å²) in [6.07, 6.45) is 7.00. The predicted octanol–water partition coefficient (Wildman–Crippen LogP) is 9.06. The summed E-state index contributed by atoms with van der Waals surface area (Å²) in [4.78, 5) is 106. The van der Waals surface area contributed by atoms with Crippen LogP contribution in [-0.2, 0) is 69.2 Å². The first-order valence-corrected chi connectivity index (χ1v) is 40.2. The number of ether oxygens (including phenoxy) is 6. The minimum Gasteiger partial charge on any atom is -0.463 e. The predicted molar refractivity (Wildman–Crippen MR) is 408 cm³/mol. The van der Waals surface area contributed by atoms with Crippen LogP contribution in [0.1, 0.15) is 128 Å². The topological polar surface area (TPSA) is 248 Å². The number of cyclic esters (lactones) is 1. The van der Waals surface area contributed by atoms with E-state index in [1.165, 1.54) is 15.3 Å². The molecule has 1 spiro atoms. The van der Waals surface area contributed by atoms with E-state index in [0.717, 1.165) is 73.0 Å². The number of rotatable bonds is 31. The number of para-hydroxylation sites is 1. The fourth-order valence-corrected chi connectivity index (χ4v) is 20.1. The number of hydrogen-bond donors (Lipinski definition) is 5. The molecule has 23 heteroatoms. The first kappa shape index (κ1) is 78.8. The van der Waals surface area contributed by atoms with E-state index in [1.54, 1.807) is 18.8 Å². The molecule has 0 unspecified atom stereocenters. The van der Waals surface area contributed by atoms with Crippen LogP contribution in [0.15, 0.2) is 127 Å². The minimum absolute atomic E-state index is 0.0210. The third kappa shape index (κ3) is 20.8. The summed E-state index contributed by atoms with van der Waals surface area (Å²) in [7, 11) is 7.31. The molecule has 5 N–H and O–H groups in total. The Morgan fingerprint density at radius 2 is 1.31 bits per heavy atom. The van der Waals surface area contributed by atoms with Gasteiger partial charge in [0.05, 0.1) is 77.0 Å². The van der Waals surface area contributed by atoms with Gasteiger partial charge >= 0.3 is 11.9 Å². The molecule has 4 heterocycles. The zero-order valence-electron chi connectivity index (χ0n) is 61.8. The highest BCUT2D eigenvalue weighted by Crippen LogP contribution is 2.50. The van der Waals surface area contributed by atoms with E-state index in [1.807, 2.05) is 107 Å². The smallest absolute Gasteiger partial charge is 0.340 e. The maximum absolute atomic E-state index is 14.9. The SMILES string of the molecule is C/C1=C\CC[C@H](C)OC(=O)C[C@H](c2ccc(C)cc2)NC(=O)[C@@H](Cc2c[nH]c3ccccc23)N(C)C(=O)[C@H](CCCCNC(=O)CCOCCOCCOCCOCCNC(=O)CCSCC[Si]2(C)c3cc(N(C)C)ccc3C3(OC(=O)c4ccccc43)c3ccc(N(C)C)cc32)NC(=O)[C@@H](C)C1. The molecule has 5 amide bonds. The van der Waals surface area contributed by atoms with Crippen molar-refractivity contribution in [2.24, 2.45) is 5.92 Å². The quantitative estimate of drug-likeness (QED) is 0.0118. The number of likely N-dealkylation sites (N-methyl/N-ethyl adjacent to an activating group) is 1. The van der Waals surface area contributed by atoms with Crippen molar-refractivity contribution in [3.05, 3.63) is 166 Å². The van der Waals surface area contributed by atoms with Crippen molar-refractivity contribution >= 4 is 94.0 Å². The largest absolute Gasteiger partial charge is 0.463 e. The van der Waals surface area contributed by atoms with E-state index >= 15 is 0 Å². The van der Waals surface area contributed by atoms with Crippen LogP contribution in [0.25, 0.3) is 10.9 Å². The number of H-pyrrole nitrogens is 1. The normalized spacial score (nSPS) is 21.5. The zero-order chi connectivity index (χ0) is 73.6. The lowest BCUT2D eigenvalue weighted by atomic mass is 9.79. The number of unbranched alkanes of at least 4 members (excludes halogenated alkanes) is 1. The molecule has 21 nitrogen and oxygen atoms in total. The highest BCUT2D eigenvalue weighted by molar-refractivity contribution is 7.99. The van der Waals surface area contributed by atoms with Crippen molar-refractivity contribution < 1.29 is 62.0 Å². The number of thioether (sulfide) groups is 1. The number of fused-ring (bicyclic) bond motifs is 7. The Morgan fingerprint density at radius 1 is 0.689 bits per heavy atom. The molecule has 9 rings (SSSR count). The monoisotopic (exact) mass is 1450 g/mol. The zero-order valence-corrected chi connectivity index (χ0v) is 63.6. The number of anilines is 2. The summed E-state index contributed by atoms with van der Waals surface area (Å²) in [6, 6.07) is 34.5. The van der Waals surface area contributed by atoms with Gasteiger partial charge < -0.3 is 69.4 Å². The van der Waals surface area contributed by atoms with Crippen LogP contribution in [-0.4, -0.2) is 190 Å². The van der Waals surface area contributed by atoms with Crippen LogP contribution in [0.2, 0.25) is 12.6 Å². The van der Waals surface area contributed by atoms with Crippen molar-refractivity contribution in [3.8, 4) is 0 Å². The molecule has 3 aliphatic rings. The minimum atomic E-state index is -2.48. The Kier molecular flexibility index (Phi) is 29.0. The van der Waals surface area contributed by atoms with Crippen LogP contribution in [0.3, 0.4) is 0 Å². The van der Waals surface area contributed by atoms with E-state index < -0.39 is 55.5 Å². The Balaban J connectivity index is 0.647. The van der Waals surface area contributed by atoms with Crippen molar-refractivity contribution in [2.75, 3.05) is 122 Å². The van der Waals surface area contributed by atoms with E-state index in [4.69, 9.17) is 28.4 Å². The van der Waals surface area contributed by atoms with Crippen LogP contribution in [0, 0.1) is 12.8 Å². The van der Waals surface area contributed by atoms with Crippen LogP contribution >= 0.6 is 11.8 Å². The number of nitrogens with zero attached hydrogens (tertiary/aromatic N) is 3. The van der Waals surface area contributed by atoms with Crippen molar-refractivity contribution in [1.29, 1.82) is 0 Å². The lowest BCUT2D eigenvalue weighted by Gasteiger charge is -2.45. The molecular weight excluding hydrogens is 1340 g/mol. The molecule has 554 valence electrons. The number of carbonyl (C=O) groups is 7. The standard InChI is InChI=1S/C80H106N8O13SSi/c1-54-25-27-58(28-26-54)69-52-75(91)100-57(4)19-17-18-55(2)48-56(3)76(92)84-68(78(94)88(9)70(77(93)85-69)49-59-53-83-67-23-14-12-20-62(59)67)24-15-16-35-81-73(89)33-37-96-39-41-98-43-44-99-42-40-97-38-36-82-74(90)34-45-102-46-47-103(10)71-50-60(86(5)6)29-31-65(71)80(64-22-13-11-21-63(64)79(95)101-80)66-32-30-61(87(7)8)51-72(66)103/h11-14,18,20-23,25-32,50-51,53,56-57,68-70,83H,15-17,19,24,33-49,52H2,1-10H3,(H,81,89)(H,82,90)(H,84,92)(H,85,93)/b55-18+/t56-,57-,68-,69+,70+,80?,103?/m0/s1. The molecular formula is C80H106N8O13SSi. The molecule has 5 atom stereocenters. The summed E-state index contributed by atoms with van der Waals surface area (Å²) in [5, 5.41) is 15.5. The molecule has 0 bridgehead atoms. The maximum atomic E-state index is 14.9. The Labute approximate surface area is 612 Å². The molecule has 6 aromatic rings. The summed E-state index contributed by atoms with van der Waals surface area (Å²) in [5.74, 6) is -1.08. The van der Waals surface area contributed by atoms with Gasteiger partial charge in [-0.05, 0) is 129 Å². The average molecular weight is 1450 g/mol. The molecule has 0 saturated heterocycles. The molecule has 103 heavy (non-hydrogen) atoms. The fourth-order valence-electron chi connectivity index (χ4n) is 13.9. The first-order valence-electron chi connectivity index (χ1n) is 36.3. The number of aromatic amines is 1. The highest BCUT2D eigenvalue weighted by atomic mass is 32.2. The number of nitrogens with one attached hydrogen (secondary N) is 5. The first-order chi connectivity index (χ1) is 49.6. The molecule has 1 aromatic heterocycles. The van der Waals surface area contributed by atoms with Gasteiger partial charge in [0.25, 0.3) is 0 Å². The summed E-state index contributed by atoms with van der Waals surface area (Å²) in [6.45, 7) is 13.4. The van der Waals surface area contributed by atoms with E-state index in [9.17, 15) is 33.6 Å². The Bertz CT molecular complexity index is 3860. The molecule has 0 radical (unpaired) electrons. The number of carbonyl (C=O) groups excluding carboxylic acids is 7. The second kappa shape index (κ2) is 37.9. The van der Waals surface area contributed by atoms with Crippen LogP contribution in [0.5, 0.6) is 0 Å². The third-order valence-corrected chi connectivity index (χ3v) is 25.6. The molecule has 0 aliphatic carbocycles.